The number of hydrogen-bond donors (Lipinski definition) is 2. The smallest absolute Gasteiger partial charge is 0.251 e. The second-order valence-electron chi connectivity index (χ2n) is 4.44. The highest BCUT2D eigenvalue weighted by Gasteiger charge is 2.15. The van der Waals surface area contributed by atoms with E-state index >= 15 is 0 Å². The van der Waals surface area contributed by atoms with Crippen molar-refractivity contribution < 1.29 is 14.3 Å². The lowest BCUT2D eigenvalue weighted by molar-refractivity contribution is 0.0952. The molecule has 0 radical (unpaired) electrons. The molecule has 1 aliphatic heterocycles. The van der Waals surface area contributed by atoms with Gasteiger partial charge in [-0.25, -0.2) is 0 Å². The fourth-order valence-electron chi connectivity index (χ4n) is 1.77. The van der Waals surface area contributed by atoms with Gasteiger partial charge in [0.25, 0.3) is 5.91 Å². The molecule has 18 heavy (non-hydrogen) atoms. The Bertz CT molecular complexity index is 432. The Morgan fingerprint density at radius 1 is 1.44 bits per heavy atom. The average Bonchev–Trinajstić information content (AvgIpc) is 2.81. The molecular weight excluding hydrogens is 232 g/mol. The highest BCUT2D eigenvalue weighted by molar-refractivity contribution is 5.94. The van der Waals surface area contributed by atoms with Crippen LogP contribution in [0.25, 0.3) is 0 Å². The van der Waals surface area contributed by atoms with Gasteiger partial charge in [0.15, 0.2) is 11.5 Å². The van der Waals surface area contributed by atoms with Crippen LogP contribution in [0.4, 0.5) is 0 Å². The van der Waals surface area contributed by atoms with Crippen molar-refractivity contribution in [2.75, 3.05) is 13.3 Å². The van der Waals surface area contributed by atoms with Gasteiger partial charge in [-0.1, -0.05) is 0 Å². The zero-order valence-electron chi connectivity index (χ0n) is 10.4. The molecule has 1 aromatic carbocycles. The summed E-state index contributed by atoms with van der Waals surface area (Å²) in [4.78, 5) is 11.9. The first-order valence-electron chi connectivity index (χ1n) is 6.10. The Balaban J connectivity index is 1.85. The number of ether oxygens (including phenoxy) is 2. The summed E-state index contributed by atoms with van der Waals surface area (Å²) in [5, 5.41) is 2.85. The summed E-state index contributed by atoms with van der Waals surface area (Å²) < 4.78 is 10.4. The second-order valence-corrected chi connectivity index (χ2v) is 4.44. The Labute approximate surface area is 106 Å². The van der Waals surface area contributed by atoms with Crippen molar-refractivity contribution in [2.24, 2.45) is 5.73 Å². The first-order chi connectivity index (χ1) is 8.66. The summed E-state index contributed by atoms with van der Waals surface area (Å²) in [7, 11) is 0. The SMILES string of the molecule is CC(N)CCCNC(=O)c1ccc2c(c1)OCO2. The molecule has 0 aliphatic carbocycles. The summed E-state index contributed by atoms with van der Waals surface area (Å²) in [6.45, 7) is 2.81. The summed E-state index contributed by atoms with van der Waals surface area (Å²) in [6.07, 6.45) is 1.79. The summed E-state index contributed by atoms with van der Waals surface area (Å²) in [5.74, 6) is 1.21. The van der Waals surface area contributed by atoms with Gasteiger partial charge < -0.3 is 20.5 Å². The average molecular weight is 250 g/mol. The van der Waals surface area contributed by atoms with Gasteiger partial charge in [0.2, 0.25) is 6.79 Å². The van der Waals surface area contributed by atoms with E-state index in [9.17, 15) is 4.79 Å². The van der Waals surface area contributed by atoms with Crippen LogP contribution in [0.5, 0.6) is 11.5 Å². The standard InChI is InChI=1S/C13H18N2O3/c1-9(14)3-2-6-15-13(16)10-4-5-11-12(7-10)18-8-17-11/h4-5,7,9H,2-3,6,8,14H2,1H3,(H,15,16). The number of rotatable bonds is 5. The highest BCUT2D eigenvalue weighted by atomic mass is 16.7. The molecular formula is C13H18N2O3. The van der Waals surface area contributed by atoms with Gasteiger partial charge in [-0.2, -0.15) is 0 Å². The number of nitrogens with two attached hydrogens (primary N) is 1. The van der Waals surface area contributed by atoms with Crippen LogP contribution in [-0.4, -0.2) is 25.3 Å². The van der Waals surface area contributed by atoms with E-state index in [1.807, 2.05) is 6.92 Å². The molecule has 1 heterocycles. The van der Waals surface area contributed by atoms with Crippen molar-refractivity contribution in [1.82, 2.24) is 5.32 Å². The lowest BCUT2D eigenvalue weighted by Crippen LogP contribution is -2.26. The zero-order valence-corrected chi connectivity index (χ0v) is 10.4. The number of fused-ring (bicyclic) bond motifs is 1. The van der Waals surface area contributed by atoms with Gasteiger partial charge in [-0.15, -0.1) is 0 Å². The molecule has 1 atom stereocenters. The third kappa shape index (κ3) is 3.13. The van der Waals surface area contributed by atoms with Gasteiger partial charge in [-0.05, 0) is 38.0 Å². The van der Waals surface area contributed by atoms with E-state index in [-0.39, 0.29) is 18.7 Å². The van der Waals surface area contributed by atoms with Crippen LogP contribution in [0, 0.1) is 0 Å². The molecule has 0 fully saturated rings. The molecule has 98 valence electrons. The van der Waals surface area contributed by atoms with Crippen LogP contribution in [0.3, 0.4) is 0 Å². The van der Waals surface area contributed by atoms with Crippen molar-refractivity contribution in [3.63, 3.8) is 0 Å². The predicted octanol–water partition coefficient (Wildman–Crippen LogP) is 1.27. The fourth-order valence-corrected chi connectivity index (χ4v) is 1.77. The van der Waals surface area contributed by atoms with Crippen LogP contribution in [-0.2, 0) is 0 Å². The number of nitrogens with one attached hydrogen (secondary N) is 1. The fraction of sp³-hybridized carbons (Fsp3) is 0.462. The van der Waals surface area contributed by atoms with E-state index in [0.29, 0.717) is 23.6 Å². The van der Waals surface area contributed by atoms with Gasteiger partial charge in [-0.3, -0.25) is 4.79 Å². The van der Waals surface area contributed by atoms with Gasteiger partial charge in [0.05, 0.1) is 0 Å². The Kier molecular flexibility index (Phi) is 4.04. The number of amides is 1. The normalized spacial score (nSPS) is 14.3. The van der Waals surface area contributed by atoms with E-state index < -0.39 is 0 Å². The van der Waals surface area contributed by atoms with Gasteiger partial charge in [0, 0.05) is 18.2 Å². The lowest BCUT2D eigenvalue weighted by atomic mass is 10.1. The summed E-state index contributed by atoms with van der Waals surface area (Å²) >= 11 is 0. The van der Waals surface area contributed by atoms with E-state index in [1.54, 1.807) is 18.2 Å². The van der Waals surface area contributed by atoms with E-state index in [4.69, 9.17) is 15.2 Å². The second kappa shape index (κ2) is 5.73. The first-order valence-corrected chi connectivity index (χ1v) is 6.10. The van der Waals surface area contributed by atoms with Gasteiger partial charge in [0.1, 0.15) is 0 Å². The molecule has 0 saturated carbocycles. The minimum absolute atomic E-state index is 0.0991. The Morgan fingerprint density at radius 2 is 2.22 bits per heavy atom. The highest BCUT2D eigenvalue weighted by Crippen LogP contribution is 2.32. The maximum atomic E-state index is 11.9. The molecule has 0 spiro atoms. The number of carbonyl (C=O) groups excluding carboxylic acids is 1. The molecule has 1 aliphatic rings. The zero-order chi connectivity index (χ0) is 13.0. The summed E-state index contributed by atoms with van der Waals surface area (Å²) in [6, 6.07) is 5.35. The third-order valence-electron chi connectivity index (χ3n) is 2.76. The van der Waals surface area contributed by atoms with Crippen LogP contribution < -0.4 is 20.5 Å². The van der Waals surface area contributed by atoms with Crippen LogP contribution in [0.1, 0.15) is 30.1 Å². The molecule has 5 heteroatoms. The Hall–Kier alpha value is -1.75. The van der Waals surface area contributed by atoms with Crippen molar-refractivity contribution >= 4 is 5.91 Å². The van der Waals surface area contributed by atoms with Crippen molar-refractivity contribution in [2.45, 2.75) is 25.8 Å². The third-order valence-corrected chi connectivity index (χ3v) is 2.76. The van der Waals surface area contributed by atoms with E-state index in [2.05, 4.69) is 5.32 Å². The van der Waals surface area contributed by atoms with Crippen LogP contribution in [0.2, 0.25) is 0 Å². The maximum Gasteiger partial charge on any atom is 0.251 e. The van der Waals surface area contributed by atoms with Crippen LogP contribution in [0.15, 0.2) is 18.2 Å². The van der Waals surface area contributed by atoms with Crippen molar-refractivity contribution in [3.05, 3.63) is 23.8 Å². The van der Waals surface area contributed by atoms with Crippen molar-refractivity contribution in [1.29, 1.82) is 0 Å². The number of carbonyl (C=O) groups is 1. The van der Waals surface area contributed by atoms with E-state index in [1.165, 1.54) is 0 Å². The minimum atomic E-state index is -0.0991. The summed E-state index contributed by atoms with van der Waals surface area (Å²) in [5.41, 5.74) is 6.22. The minimum Gasteiger partial charge on any atom is -0.454 e. The number of benzene rings is 1. The quantitative estimate of drug-likeness (QED) is 0.772. The topological polar surface area (TPSA) is 73.6 Å². The molecule has 1 aromatic rings. The molecule has 0 bridgehead atoms. The predicted molar refractivity (Wildman–Crippen MR) is 67.8 cm³/mol. The van der Waals surface area contributed by atoms with Gasteiger partial charge >= 0.3 is 0 Å². The molecule has 5 nitrogen and oxygen atoms in total. The maximum absolute atomic E-state index is 11.9. The lowest BCUT2D eigenvalue weighted by Gasteiger charge is -2.07. The van der Waals surface area contributed by atoms with Crippen molar-refractivity contribution in [3.8, 4) is 11.5 Å². The molecule has 1 amide bonds. The monoisotopic (exact) mass is 250 g/mol. The molecule has 1 unspecified atom stereocenters. The Morgan fingerprint density at radius 3 is 3.00 bits per heavy atom. The number of hydrogen-bond acceptors (Lipinski definition) is 4. The molecule has 0 aromatic heterocycles. The van der Waals surface area contributed by atoms with Crippen LogP contribution >= 0.6 is 0 Å². The molecule has 3 N–H and O–H groups in total. The molecule has 0 saturated heterocycles. The molecule has 2 rings (SSSR count). The first kappa shape index (κ1) is 12.7. The largest absolute Gasteiger partial charge is 0.454 e. The van der Waals surface area contributed by atoms with E-state index in [0.717, 1.165) is 12.8 Å².